The van der Waals surface area contributed by atoms with Crippen LogP contribution < -0.4 is 0 Å². The molecule has 4 nitrogen and oxygen atoms in total. The summed E-state index contributed by atoms with van der Waals surface area (Å²) in [6, 6.07) is 0. The highest BCUT2D eigenvalue weighted by Gasteiger charge is 2.48. The zero-order chi connectivity index (χ0) is 19.5. The molecule has 0 aliphatic heterocycles. The van der Waals surface area contributed by atoms with Crippen molar-refractivity contribution in [2.24, 2.45) is 17.8 Å². The third-order valence-corrected chi connectivity index (χ3v) is 6.19. The summed E-state index contributed by atoms with van der Waals surface area (Å²) >= 11 is 4.49. The predicted octanol–water partition coefficient (Wildman–Crippen LogP) is 5.65. The number of aliphatic carboxylic acids is 2. The molecule has 25 heavy (non-hydrogen) atoms. The van der Waals surface area contributed by atoms with Gasteiger partial charge >= 0.3 is 11.9 Å². The lowest BCUT2D eigenvalue weighted by Gasteiger charge is -2.35. The van der Waals surface area contributed by atoms with Gasteiger partial charge in [0, 0.05) is 0 Å². The molecule has 0 rings (SSSR count). The van der Waals surface area contributed by atoms with Gasteiger partial charge in [0.05, 0.1) is 5.92 Å². The lowest BCUT2D eigenvalue weighted by atomic mass is 9.76. The number of hydrogen-bond acceptors (Lipinski definition) is 3. The number of rotatable bonds is 15. The summed E-state index contributed by atoms with van der Waals surface area (Å²) in [4.78, 5) is 24.0. The van der Waals surface area contributed by atoms with Gasteiger partial charge in [0.15, 0.2) is 0 Å². The van der Waals surface area contributed by atoms with Crippen molar-refractivity contribution < 1.29 is 19.8 Å². The summed E-state index contributed by atoms with van der Waals surface area (Å²) in [5, 5.41) is 19.6. The first-order valence-corrected chi connectivity index (χ1v) is 10.4. The molecule has 4 atom stereocenters. The molecule has 0 aromatic rings. The summed E-state index contributed by atoms with van der Waals surface area (Å²) in [6.07, 6.45) is 8.54. The summed E-state index contributed by atoms with van der Waals surface area (Å²) in [5.74, 6) is -2.64. The average molecular weight is 375 g/mol. The molecule has 0 spiro atoms. The van der Waals surface area contributed by atoms with Crippen LogP contribution in [0.4, 0.5) is 0 Å². The fourth-order valence-electron chi connectivity index (χ4n) is 3.58. The maximum absolute atomic E-state index is 12.0. The SMILES string of the molecule is CCCCC(CC)CC(C(=O)O)C(S)(CC(CC)CCCC)C(=O)O. The highest BCUT2D eigenvalue weighted by molar-refractivity contribution is 7.82. The van der Waals surface area contributed by atoms with Crippen LogP contribution in [-0.4, -0.2) is 26.9 Å². The third-order valence-electron chi connectivity index (χ3n) is 5.50. The molecule has 0 heterocycles. The molecule has 0 amide bonds. The average Bonchev–Trinajstić information content (AvgIpc) is 2.58. The van der Waals surface area contributed by atoms with Crippen LogP contribution in [0.3, 0.4) is 0 Å². The normalized spacial score (nSPS) is 17.5. The second-order valence-corrected chi connectivity index (χ2v) is 8.19. The Kier molecular flexibility index (Phi) is 12.3. The molecular formula is C20H38O4S. The van der Waals surface area contributed by atoms with Gasteiger partial charge in [-0.05, 0) is 24.7 Å². The molecule has 0 aromatic carbocycles. The standard InChI is InChI=1S/C20H38O4S/c1-5-9-11-15(7-3)13-17(18(21)22)20(25,19(23)24)14-16(8-4)12-10-6-2/h15-17,25H,5-14H2,1-4H3,(H,21,22)(H,23,24). The van der Waals surface area contributed by atoms with Crippen LogP contribution >= 0.6 is 12.6 Å². The summed E-state index contributed by atoms with van der Waals surface area (Å²) in [6.45, 7) is 8.32. The lowest BCUT2D eigenvalue weighted by Crippen LogP contribution is -2.47. The van der Waals surface area contributed by atoms with Crippen molar-refractivity contribution in [1.29, 1.82) is 0 Å². The fraction of sp³-hybridized carbons (Fsp3) is 0.900. The van der Waals surface area contributed by atoms with E-state index in [1.807, 2.05) is 6.92 Å². The van der Waals surface area contributed by atoms with E-state index in [9.17, 15) is 19.8 Å². The van der Waals surface area contributed by atoms with E-state index in [-0.39, 0.29) is 11.8 Å². The minimum Gasteiger partial charge on any atom is -0.481 e. The Morgan fingerprint density at radius 3 is 1.76 bits per heavy atom. The number of carboxylic acid groups (broad SMARTS) is 2. The molecule has 0 aromatic heterocycles. The summed E-state index contributed by atoms with van der Waals surface area (Å²) < 4.78 is -1.50. The van der Waals surface area contributed by atoms with Crippen molar-refractivity contribution in [1.82, 2.24) is 0 Å². The van der Waals surface area contributed by atoms with Gasteiger partial charge in [0.2, 0.25) is 0 Å². The Bertz CT molecular complexity index is 399. The van der Waals surface area contributed by atoms with E-state index in [4.69, 9.17) is 0 Å². The van der Waals surface area contributed by atoms with Crippen LogP contribution in [-0.2, 0) is 9.59 Å². The molecule has 0 aliphatic carbocycles. The van der Waals surface area contributed by atoms with Crippen molar-refractivity contribution in [3.05, 3.63) is 0 Å². The van der Waals surface area contributed by atoms with E-state index >= 15 is 0 Å². The first-order valence-electron chi connectivity index (χ1n) is 9.95. The van der Waals surface area contributed by atoms with Gasteiger partial charge in [0.1, 0.15) is 4.75 Å². The molecule has 0 aliphatic rings. The minimum absolute atomic E-state index is 0.200. The number of carboxylic acids is 2. The molecule has 0 saturated carbocycles. The maximum atomic E-state index is 12.0. The Labute approximate surface area is 159 Å². The molecule has 0 bridgehead atoms. The zero-order valence-corrected chi connectivity index (χ0v) is 17.4. The van der Waals surface area contributed by atoms with E-state index in [0.717, 1.165) is 51.4 Å². The fourth-order valence-corrected chi connectivity index (χ4v) is 4.05. The van der Waals surface area contributed by atoms with Crippen molar-refractivity contribution in [2.45, 2.75) is 96.7 Å². The predicted molar refractivity (Wildman–Crippen MR) is 106 cm³/mol. The van der Waals surface area contributed by atoms with Crippen LogP contribution in [0.15, 0.2) is 0 Å². The molecule has 148 valence electrons. The second kappa shape index (κ2) is 12.6. The van der Waals surface area contributed by atoms with Crippen molar-refractivity contribution in [3.8, 4) is 0 Å². The molecule has 0 radical (unpaired) electrons. The van der Waals surface area contributed by atoms with Gasteiger partial charge in [0.25, 0.3) is 0 Å². The zero-order valence-electron chi connectivity index (χ0n) is 16.5. The quantitative estimate of drug-likeness (QED) is 0.324. The van der Waals surface area contributed by atoms with Gasteiger partial charge in [-0.25, -0.2) is 0 Å². The molecular weight excluding hydrogens is 336 g/mol. The third kappa shape index (κ3) is 8.02. The number of thiol groups is 1. The van der Waals surface area contributed by atoms with Crippen LogP contribution in [0, 0.1) is 17.8 Å². The number of carbonyl (C=O) groups is 2. The first-order chi connectivity index (χ1) is 11.8. The van der Waals surface area contributed by atoms with E-state index in [2.05, 4.69) is 33.4 Å². The molecule has 4 unspecified atom stereocenters. The van der Waals surface area contributed by atoms with E-state index < -0.39 is 22.6 Å². The maximum Gasteiger partial charge on any atom is 0.320 e. The van der Waals surface area contributed by atoms with Gasteiger partial charge in [-0.3, -0.25) is 9.59 Å². The van der Waals surface area contributed by atoms with Crippen molar-refractivity contribution in [2.75, 3.05) is 0 Å². The Morgan fingerprint density at radius 1 is 0.920 bits per heavy atom. The molecule has 0 fully saturated rings. The van der Waals surface area contributed by atoms with Crippen LogP contribution in [0.25, 0.3) is 0 Å². The van der Waals surface area contributed by atoms with Crippen molar-refractivity contribution >= 4 is 24.6 Å². The van der Waals surface area contributed by atoms with E-state index in [0.29, 0.717) is 12.8 Å². The summed E-state index contributed by atoms with van der Waals surface area (Å²) in [7, 11) is 0. The van der Waals surface area contributed by atoms with Gasteiger partial charge in [-0.1, -0.05) is 79.1 Å². The van der Waals surface area contributed by atoms with Gasteiger partial charge in [-0.2, -0.15) is 12.6 Å². The van der Waals surface area contributed by atoms with Crippen molar-refractivity contribution in [3.63, 3.8) is 0 Å². The second-order valence-electron chi connectivity index (χ2n) is 7.39. The first kappa shape index (κ1) is 24.3. The van der Waals surface area contributed by atoms with Crippen LogP contribution in [0.5, 0.6) is 0 Å². The molecule has 2 N–H and O–H groups in total. The smallest absolute Gasteiger partial charge is 0.320 e. The van der Waals surface area contributed by atoms with Gasteiger partial charge < -0.3 is 10.2 Å². The topological polar surface area (TPSA) is 74.6 Å². The Hall–Kier alpha value is -0.710. The van der Waals surface area contributed by atoms with Crippen LogP contribution in [0.1, 0.15) is 91.9 Å². The Morgan fingerprint density at radius 2 is 1.40 bits per heavy atom. The van der Waals surface area contributed by atoms with Gasteiger partial charge in [-0.15, -0.1) is 0 Å². The monoisotopic (exact) mass is 374 g/mol. The molecule has 5 heteroatoms. The van der Waals surface area contributed by atoms with E-state index in [1.165, 1.54) is 0 Å². The van der Waals surface area contributed by atoms with Crippen LogP contribution in [0.2, 0.25) is 0 Å². The molecule has 0 saturated heterocycles. The minimum atomic E-state index is -1.50. The largest absolute Gasteiger partial charge is 0.481 e. The Balaban J connectivity index is 5.39. The van der Waals surface area contributed by atoms with E-state index in [1.54, 1.807) is 0 Å². The number of hydrogen-bond donors (Lipinski definition) is 3. The number of unbranched alkanes of at least 4 members (excludes halogenated alkanes) is 2. The highest BCUT2D eigenvalue weighted by Crippen LogP contribution is 2.40. The lowest BCUT2D eigenvalue weighted by molar-refractivity contribution is -0.152. The summed E-state index contributed by atoms with van der Waals surface area (Å²) in [5.41, 5.74) is 0. The highest BCUT2D eigenvalue weighted by atomic mass is 32.1.